The highest BCUT2D eigenvalue weighted by molar-refractivity contribution is 6.30. The fourth-order valence-electron chi connectivity index (χ4n) is 6.29. The summed E-state index contributed by atoms with van der Waals surface area (Å²) in [5, 5.41) is 1.29. The molecule has 5 atom stereocenters. The van der Waals surface area contributed by atoms with Gasteiger partial charge in [-0.3, -0.25) is 4.79 Å². The predicted octanol–water partition coefficient (Wildman–Crippen LogP) is 8.05. The Morgan fingerprint density at radius 2 is 1.88 bits per heavy atom. The van der Waals surface area contributed by atoms with Gasteiger partial charge >= 0.3 is 6.09 Å². The number of halogens is 2. The van der Waals surface area contributed by atoms with E-state index in [1.807, 2.05) is 81.1 Å². The zero-order chi connectivity index (χ0) is 29.9. The highest BCUT2D eigenvalue weighted by Gasteiger charge is 2.52. The van der Waals surface area contributed by atoms with Gasteiger partial charge in [-0.2, -0.15) is 0 Å². The first-order valence-electron chi connectivity index (χ1n) is 14.4. The third-order valence-corrected chi connectivity index (χ3v) is 8.62. The number of benzene rings is 2. The van der Waals surface area contributed by atoms with Crippen molar-refractivity contribution >= 4 is 35.2 Å². The Balaban J connectivity index is 1.81. The second kappa shape index (κ2) is 12.8. The molecular formula is C33H42Cl2N2O4. The maximum absolute atomic E-state index is 14.6. The van der Waals surface area contributed by atoms with E-state index in [0.29, 0.717) is 49.0 Å². The Hall–Kier alpha value is -2.54. The molecule has 1 unspecified atom stereocenters. The van der Waals surface area contributed by atoms with Gasteiger partial charge in [0.1, 0.15) is 5.60 Å². The van der Waals surface area contributed by atoms with E-state index in [4.69, 9.17) is 32.7 Å². The summed E-state index contributed by atoms with van der Waals surface area (Å²) in [6.07, 6.45) is 2.90. The molecule has 2 aliphatic heterocycles. The maximum Gasteiger partial charge on any atom is 0.410 e. The first kappa shape index (κ1) is 31.4. The minimum absolute atomic E-state index is 0.0443. The van der Waals surface area contributed by atoms with Gasteiger partial charge < -0.3 is 19.3 Å². The first-order valence-corrected chi connectivity index (χ1v) is 15.2. The molecule has 2 aromatic rings. The molecular weight excluding hydrogens is 559 g/mol. The van der Waals surface area contributed by atoms with Crippen LogP contribution in [0.4, 0.5) is 4.79 Å². The van der Waals surface area contributed by atoms with Crippen molar-refractivity contribution in [3.05, 3.63) is 82.4 Å². The van der Waals surface area contributed by atoms with Gasteiger partial charge in [-0.1, -0.05) is 67.4 Å². The van der Waals surface area contributed by atoms with Crippen LogP contribution in [0.3, 0.4) is 0 Å². The lowest BCUT2D eigenvalue weighted by atomic mass is 9.67. The molecule has 2 amide bonds. The molecule has 0 N–H and O–H groups in total. The number of likely N-dealkylation sites (tertiary alicyclic amines) is 1. The summed E-state index contributed by atoms with van der Waals surface area (Å²) in [5.74, 6) is 0.0117. The van der Waals surface area contributed by atoms with Crippen LogP contribution in [0.25, 0.3) is 0 Å². The number of carbonyl (C=O) groups is 2. The lowest BCUT2D eigenvalue weighted by Gasteiger charge is -2.54. The number of allylic oxidation sites excluding steroid dienone is 1. The standard InChI is InChI=1S/C33H42Cl2N2O4/c1-7-16-33(6)20-26(23-10-9-11-25(35)19-23)29(22-12-14-24(34)15-13-22)37(30(33)38)27(8-2)28-21-36(17-18-40-28)31(39)41-32(3,4)5/h7,9-15,19,26-29H,1,8,16-18,20-21H2,2-6H3/t26-,27+,28?,29-,33+/m1/s1. The topological polar surface area (TPSA) is 59.1 Å². The Bertz CT molecular complexity index is 1240. The normalized spacial score (nSPS) is 26.0. The highest BCUT2D eigenvalue weighted by Crippen LogP contribution is 2.52. The molecule has 41 heavy (non-hydrogen) atoms. The van der Waals surface area contributed by atoms with Crippen molar-refractivity contribution in [3.63, 3.8) is 0 Å². The van der Waals surface area contributed by atoms with E-state index in [2.05, 4.69) is 19.6 Å². The molecule has 0 aliphatic carbocycles. The number of morpholine rings is 1. The van der Waals surface area contributed by atoms with Crippen LogP contribution in [-0.2, 0) is 14.3 Å². The Morgan fingerprint density at radius 1 is 1.17 bits per heavy atom. The summed E-state index contributed by atoms with van der Waals surface area (Å²) < 4.78 is 12.0. The number of rotatable bonds is 7. The van der Waals surface area contributed by atoms with Gasteiger partial charge in [-0.25, -0.2) is 4.79 Å². The lowest BCUT2D eigenvalue weighted by Crippen LogP contribution is -2.61. The van der Waals surface area contributed by atoms with Gasteiger partial charge in [0.25, 0.3) is 0 Å². The van der Waals surface area contributed by atoms with Crippen molar-refractivity contribution in [1.82, 2.24) is 9.80 Å². The molecule has 2 fully saturated rings. The van der Waals surface area contributed by atoms with Gasteiger partial charge in [0, 0.05) is 22.5 Å². The zero-order valence-electron chi connectivity index (χ0n) is 24.7. The number of amides is 2. The van der Waals surface area contributed by atoms with E-state index in [0.717, 1.165) is 11.1 Å². The summed E-state index contributed by atoms with van der Waals surface area (Å²) >= 11 is 12.8. The van der Waals surface area contributed by atoms with E-state index in [1.165, 1.54) is 0 Å². The summed E-state index contributed by atoms with van der Waals surface area (Å²) in [6.45, 7) is 14.8. The van der Waals surface area contributed by atoms with Crippen molar-refractivity contribution in [2.24, 2.45) is 5.41 Å². The molecule has 2 aliphatic rings. The summed E-state index contributed by atoms with van der Waals surface area (Å²) in [7, 11) is 0. The smallest absolute Gasteiger partial charge is 0.410 e. The Kier molecular flexibility index (Phi) is 9.77. The SMILES string of the molecule is C=CC[C@@]1(C)C[C@H](c2cccc(Cl)c2)[C@@H](c2ccc(Cl)cc2)N([C@@H](CC)C2CN(C(=O)OC(C)(C)C)CCO2)C1=O. The number of nitrogens with zero attached hydrogens (tertiary/aromatic N) is 2. The minimum Gasteiger partial charge on any atom is -0.444 e. The minimum atomic E-state index is -0.676. The molecule has 8 heteroatoms. The number of carbonyl (C=O) groups excluding carboxylic acids is 2. The van der Waals surface area contributed by atoms with Gasteiger partial charge in [0.15, 0.2) is 0 Å². The van der Waals surface area contributed by atoms with E-state index in [1.54, 1.807) is 4.90 Å². The van der Waals surface area contributed by atoms with Crippen molar-refractivity contribution in [2.75, 3.05) is 19.7 Å². The van der Waals surface area contributed by atoms with Gasteiger partial charge in [-0.05, 0) is 75.4 Å². The van der Waals surface area contributed by atoms with Crippen molar-refractivity contribution < 1.29 is 19.1 Å². The second-order valence-electron chi connectivity index (χ2n) is 12.4. The molecule has 0 bridgehead atoms. The summed E-state index contributed by atoms with van der Waals surface area (Å²) in [4.78, 5) is 31.4. The summed E-state index contributed by atoms with van der Waals surface area (Å²) in [5.41, 5.74) is 0.783. The molecule has 4 rings (SSSR count). The molecule has 0 saturated carbocycles. The van der Waals surface area contributed by atoms with Crippen LogP contribution in [0.1, 0.15) is 77.0 Å². The van der Waals surface area contributed by atoms with Crippen molar-refractivity contribution in [1.29, 1.82) is 0 Å². The largest absolute Gasteiger partial charge is 0.444 e. The van der Waals surface area contributed by atoms with Gasteiger partial charge in [0.2, 0.25) is 5.91 Å². The predicted molar refractivity (Wildman–Crippen MR) is 164 cm³/mol. The van der Waals surface area contributed by atoms with Crippen LogP contribution >= 0.6 is 23.2 Å². The van der Waals surface area contributed by atoms with Crippen LogP contribution in [0, 0.1) is 5.41 Å². The molecule has 0 spiro atoms. The van der Waals surface area contributed by atoms with Gasteiger partial charge in [0.05, 0.1) is 36.8 Å². The van der Waals surface area contributed by atoms with Crippen molar-refractivity contribution in [3.8, 4) is 0 Å². The Labute approximate surface area is 254 Å². The van der Waals surface area contributed by atoms with Crippen LogP contribution in [0.2, 0.25) is 10.0 Å². The van der Waals surface area contributed by atoms with E-state index >= 15 is 0 Å². The van der Waals surface area contributed by atoms with E-state index < -0.39 is 11.0 Å². The monoisotopic (exact) mass is 600 g/mol. The zero-order valence-corrected chi connectivity index (χ0v) is 26.3. The van der Waals surface area contributed by atoms with E-state index in [9.17, 15) is 9.59 Å². The van der Waals surface area contributed by atoms with Crippen LogP contribution in [-0.4, -0.2) is 59.2 Å². The molecule has 2 saturated heterocycles. The maximum atomic E-state index is 14.6. The van der Waals surface area contributed by atoms with Crippen LogP contribution < -0.4 is 0 Å². The highest BCUT2D eigenvalue weighted by atomic mass is 35.5. The fraction of sp³-hybridized carbons (Fsp3) is 0.515. The van der Waals surface area contributed by atoms with Gasteiger partial charge in [-0.15, -0.1) is 6.58 Å². The van der Waals surface area contributed by atoms with Crippen LogP contribution in [0.5, 0.6) is 0 Å². The number of hydrogen-bond acceptors (Lipinski definition) is 4. The van der Waals surface area contributed by atoms with E-state index in [-0.39, 0.29) is 36.1 Å². The quantitative estimate of drug-likeness (QED) is 0.302. The lowest BCUT2D eigenvalue weighted by molar-refractivity contribution is -0.163. The van der Waals surface area contributed by atoms with Crippen molar-refractivity contribution in [2.45, 2.75) is 83.6 Å². The molecule has 0 radical (unpaired) electrons. The molecule has 222 valence electrons. The molecule has 2 aromatic carbocycles. The average Bonchev–Trinajstić information content (AvgIpc) is 2.91. The second-order valence-corrected chi connectivity index (χ2v) is 13.3. The number of piperidine rings is 1. The molecule has 2 heterocycles. The molecule has 6 nitrogen and oxygen atoms in total. The number of hydrogen-bond donors (Lipinski definition) is 0. The average molecular weight is 602 g/mol. The molecule has 0 aromatic heterocycles. The first-order chi connectivity index (χ1) is 19.4. The number of ether oxygens (including phenoxy) is 2. The fourth-order valence-corrected chi connectivity index (χ4v) is 6.62. The van der Waals surface area contributed by atoms with Crippen LogP contribution in [0.15, 0.2) is 61.2 Å². The summed E-state index contributed by atoms with van der Waals surface area (Å²) in [6, 6.07) is 15.1. The third kappa shape index (κ3) is 7.10. The Morgan fingerprint density at radius 3 is 2.49 bits per heavy atom. The third-order valence-electron chi connectivity index (χ3n) is 8.14.